The zero-order chi connectivity index (χ0) is 19.4. The van der Waals surface area contributed by atoms with Crippen LogP contribution in [0.25, 0.3) is 0 Å². The molecule has 3 rings (SSSR count). The smallest absolute Gasteiger partial charge is 0.337 e. The number of amides is 1. The van der Waals surface area contributed by atoms with E-state index in [2.05, 4.69) is 10.1 Å². The van der Waals surface area contributed by atoms with E-state index in [1.54, 1.807) is 30.3 Å². The molecule has 0 fully saturated rings. The van der Waals surface area contributed by atoms with Crippen LogP contribution >= 0.6 is 0 Å². The van der Waals surface area contributed by atoms with Crippen LogP contribution in [0.4, 0.5) is 11.4 Å². The average Bonchev–Trinajstić information content (AvgIpc) is 3.11. The molecule has 1 heterocycles. The molecule has 7 nitrogen and oxygen atoms in total. The van der Waals surface area contributed by atoms with E-state index >= 15 is 0 Å². The molecule has 1 N–H and O–H groups in total. The number of fused-ring (bicyclic) bond motifs is 1. The highest BCUT2D eigenvalue weighted by Crippen LogP contribution is 2.30. The van der Waals surface area contributed by atoms with Crippen molar-refractivity contribution in [2.45, 2.75) is 12.8 Å². The Morgan fingerprint density at radius 3 is 2.70 bits per heavy atom. The lowest BCUT2D eigenvalue weighted by Crippen LogP contribution is -2.32. The van der Waals surface area contributed by atoms with Crippen molar-refractivity contribution in [3.05, 3.63) is 59.7 Å². The van der Waals surface area contributed by atoms with E-state index in [0.717, 1.165) is 5.56 Å². The van der Waals surface area contributed by atoms with Crippen LogP contribution < -0.4 is 9.62 Å². The number of carbonyl (C=O) groups excluding carboxylic acids is 2. The van der Waals surface area contributed by atoms with Crippen molar-refractivity contribution in [3.63, 3.8) is 0 Å². The second-order valence-electron chi connectivity index (χ2n) is 6.14. The Morgan fingerprint density at radius 1 is 1.15 bits per heavy atom. The predicted molar refractivity (Wildman–Crippen MR) is 102 cm³/mol. The standard InChI is InChI=1S/C19H20N2O5S/c1-26-19(23)15-6-4-7-16(13-15)20-18(22)10-12-27(24,25)21-11-9-14-5-2-3-8-17(14)21/h2-8,13H,9-12H2,1H3,(H,20,22). The van der Waals surface area contributed by atoms with Gasteiger partial charge in [0.2, 0.25) is 15.9 Å². The van der Waals surface area contributed by atoms with E-state index in [1.807, 2.05) is 12.1 Å². The number of hydrogen-bond acceptors (Lipinski definition) is 5. The van der Waals surface area contributed by atoms with Crippen molar-refractivity contribution in [1.29, 1.82) is 0 Å². The monoisotopic (exact) mass is 388 g/mol. The van der Waals surface area contributed by atoms with Gasteiger partial charge in [-0.05, 0) is 36.2 Å². The Morgan fingerprint density at radius 2 is 1.93 bits per heavy atom. The van der Waals surface area contributed by atoms with Crippen molar-refractivity contribution in [2.24, 2.45) is 0 Å². The number of anilines is 2. The molecule has 0 aliphatic carbocycles. The maximum Gasteiger partial charge on any atom is 0.337 e. The van der Waals surface area contributed by atoms with Gasteiger partial charge in [0.1, 0.15) is 0 Å². The molecule has 0 unspecified atom stereocenters. The first-order valence-corrected chi connectivity index (χ1v) is 10.1. The fraction of sp³-hybridized carbons (Fsp3) is 0.263. The molecule has 0 spiro atoms. The van der Waals surface area contributed by atoms with Gasteiger partial charge in [-0.25, -0.2) is 13.2 Å². The Labute approximate surface area is 158 Å². The number of carbonyl (C=O) groups is 2. The predicted octanol–water partition coefficient (Wildman–Crippen LogP) is 2.19. The Hall–Kier alpha value is -2.87. The topological polar surface area (TPSA) is 92.8 Å². The molecule has 0 bridgehead atoms. The van der Waals surface area contributed by atoms with Crippen LogP contribution in [0.3, 0.4) is 0 Å². The van der Waals surface area contributed by atoms with Crippen LogP contribution in [0.2, 0.25) is 0 Å². The van der Waals surface area contributed by atoms with Gasteiger partial charge in [0.25, 0.3) is 0 Å². The minimum Gasteiger partial charge on any atom is -0.465 e. The number of rotatable bonds is 6. The first-order valence-electron chi connectivity index (χ1n) is 8.47. The maximum atomic E-state index is 12.6. The van der Waals surface area contributed by atoms with Gasteiger partial charge in [-0.1, -0.05) is 24.3 Å². The van der Waals surface area contributed by atoms with Crippen LogP contribution in [-0.2, 0) is 26.0 Å². The van der Waals surface area contributed by atoms with Gasteiger partial charge in [-0.15, -0.1) is 0 Å². The Bertz CT molecular complexity index is 972. The SMILES string of the molecule is COC(=O)c1cccc(NC(=O)CCS(=O)(=O)N2CCc3ccccc32)c1. The quantitative estimate of drug-likeness (QED) is 0.766. The summed E-state index contributed by atoms with van der Waals surface area (Å²) in [5.41, 5.74) is 2.39. The number of para-hydroxylation sites is 1. The molecule has 142 valence electrons. The summed E-state index contributed by atoms with van der Waals surface area (Å²) in [4.78, 5) is 23.7. The van der Waals surface area contributed by atoms with Crippen molar-refractivity contribution in [1.82, 2.24) is 0 Å². The molecule has 2 aromatic carbocycles. The molecule has 0 saturated carbocycles. The fourth-order valence-electron chi connectivity index (χ4n) is 2.99. The summed E-state index contributed by atoms with van der Waals surface area (Å²) in [6.45, 7) is 0.393. The number of hydrogen-bond donors (Lipinski definition) is 1. The molecule has 1 aliphatic rings. The molecule has 1 aliphatic heterocycles. The molecule has 0 radical (unpaired) electrons. The van der Waals surface area contributed by atoms with Crippen molar-refractivity contribution in [2.75, 3.05) is 29.0 Å². The largest absolute Gasteiger partial charge is 0.465 e. The van der Waals surface area contributed by atoms with E-state index in [9.17, 15) is 18.0 Å². The highest BCUT2D eigenvalue weighted by molar-refractivity contribution is 7.92. The summed E-state index contributed by atoms with van der Waals surface area (Å²) in [6.07, 6.45) is 0.491. The van der Waals surface area contributed by atoms with Crippen molar-refractivity contribution in [3.8, 4) is 0 Å². The van der Waals surface area contributed by atoms with Gasteiger partial charge in [-0.3, -0.25) is 9.10 Å². The zero-order valence-corrected chi connectivity index (χ0v) is 15.7. The number of nitrogens with zero attached hydrogens (tertiary/aromatic N) is 1. The summed E-state index contributed by atoms with van der Waals surface area (Å²) in [6, 6.07) is 13.6. The van der Waals surface area contributed by atoms with E-state index < -0.39 is 21.9 Å². The molecule has 1 amide bonds. The van der Waals surface area contributed by atoms with Crippen molar-refractivity contribution < 1.29 is 22.7 Å². The Kier molecular flexibility index (Phi) is 5.46. The Balaban J connectivity index is 1.62. The molecule has 27 heavy (non-hydrogen) atoms. The molecule has 0 atom stereocenters. The summed E-state index contributed by atoms with van der Waals surface area (Å²) in [5, 5.41) is 2.61. The first kappa shape index (κ1) is 18.9. The van der Waals surface area contributed by atoms with Gasteiger partial charge in [-0.2, -0.15) is 0 Å². The number of ether oxygens (including phenoxy) is 1. The molecule has 8 heteroatoms. The van der Waals surface area contributed by atoms with Gasteiger partial charge >= 0.3 is 5.97 Å². The van der Waals surface area contributed by atoms with E-state index in [-0.39, 0.29) is 12.2 Å². The van der Waals surface area contributed by atoms with Crippen LogP contribution in [0.5, 0.6) is 0 Å². The molecule has 0 aromatic heterocycles. The minimum absolute atomic E-state index is 0.177. The van der Waals surface area contributed by atoms with Crippen LogP contribution in [-0.4, -0.2) is 39.7 Å². The number of esters is 1. The summed E-state index contributed by atoms with van der Waals surface area (Å²) < 4.78 is 31.2. The first-order chi connectivity index (χ1) is 12.9. The second-order valence-corrected chi connectivity index (χ2v) is 8.15. The van der Waals surface area contributed by atoms with E-state index in [0.29, 0.717) is 29.9 Å². The average molecular weight is 388 g/mol. The third kappa shape index (κ3) is 4.28. The zero-order valence-electron chi connectivity index (χ0n) is 14.8. The lowest BCUT2D eigenvalue weighted by molar-refractivity contribution is -0.115. The normalized spacial score (nSPS) is 13.1. The fourth-order valence-corrected chi connectivity index (χ4v) is 4.51. The van der Waals surface area contributed by atoms with E-state index in [4.69, 9.17) is 0 Å². The summed E-state index contributed by atoms with van der Waals surface area (Å²) in [5.74, 6) is -1.24. The number of methoxy groups -OCH3 is 1. The van der Waals surface area contributed by atoms with Gasteiger partial charge in [0.15, 0.2) is 0 Å². The number of sulfonamides is 1. The molecular formula is C19H20N2O5S. The lowest BCUT2D eigenvalue weighted by atomic mass is 10.2. The summed E-state index contributed by atoms with van der Waals surface area (Å²) >= 11 is 0. The highest BCUT2D eigenvalue weighted by Gasteiger charge is 2.29. The van der Waals surface area contributed by atoms with Crippen LogP contribution in [0.1, 0.15) is 22.3 Å². The minimum atomic E-state index is -3.59. The van der Waals surface area contributed by atoms with Gasteiger partial charge in [0.05, 0.1) is 24.1 Å². The molecule has 0 saturated heterocycles. The molecular weight excluding hydrogens is 368 g/mol. The number of benzene rings is 2. The van der Waals surface area contributed by atoms with Crippen LogP contribution in [0.15, 0.2) is 48.5 Å². The highest BCUT2D eigenvalue weighted by atomic mass is 32.2. The van der Waals surface area contributed by atoms with Crippen LogP contribution in [0, 0.1) is 0 Å². The maximum absolute atomic E-state index is 12.6. The lowest BCUT2D eigenvalue weighted by Gasteiger charge is -2.19. The number of nitrogens with one attached hydrogen (secondary N) is 1. The second kappa shape index (κ2) is 7.79. The van der Waals surface area contributed by atoms with Gasteiger partial charge in [0, 0.05) is 18.7 Å². The molecule has 2 aromatic rings. The van der Waals surface area contributed by atoms with E-state index in [1.165, 1.54) is 17.5 Å². The third-order valence-corrected chi connectivity index (χ3v) is 6.11. The van der Waals surface area contributed by atoms with Crippen molar-refractivity contribution >= 4 is 33.3 Å². The van der Waals surface area contributed by atoms with Gasteiger partial charge < -0.3 is 10.1 Å². The third-order valence-electron chi connectivity index (χ3n) is 4.33. The summed E-state index contributed by atoms with van der Waals surface area (Å²) in [7, 11) is -2.32.